The molecule has 1 amide bonds. The molecule has 6 heteroatoms. The Bertz CT molecular complexity index is 1130. The molecule has 0 aliphatic carbocycles. The molecular formula is C24H25N5O. The van der Waals surface area contributed by atoms with E-state index in [9.17, 15) is 4.79 Å². The zero-order valence-electron chi connectivity index (χ0n) is 17.5. The van der Waals surface area contributed by atoms with Crippen LogP contribution >= 0.6 is 0 Å². The van der Waals surface area contributed by atoms with E-state index in [2.05, 4.69) is 51.6 Å². The van der Waals surface area contributed by atoms with Gasteiger partial charge in [0.25, 0.3) is 5.78 Å². The topological polar surface area (TPSA) is 72.2 Å². The first kappa shape index (κ1) is 19.8. The number of aryl methyl sites for hydroxylation is 2. The number of rotatable bonds is 6. The van der Waals surface area contributed by atoms with Gasteiger partial charge in [0.1, 0.15) is 6.33 Å². The molecule has 0 saturated carbocycles. The molecule has 0 saturated heterocycles. The molecule has 2 aromatic heterocycles. The van der Waals surface area contributed by atoms with E-state index in [1.165, 1.54) is 6.33 Å². The first-order valence-electron chi connectivity index (χ1n) is 10.0. The van der Waals surface area contributed by atoms with Crippen LogP contribution < -0.4 is 5.32 Å². The summed E-state index contributed by atoms with van der Waals surface area (Å²) in [5, 5.41) is 7.36. The van der Waals surface area contributed by atoms with Gasteiger partial charge >= 0.3 is 0 Å². The van der Waals surface area contributed by atoms with Gasteiger partial charge in [0.15, 0.2) is 0 Å². The molecular weight excluding hydrogens is 374 g/mol. The molecule has 0 aliphatic heterocycles. The van der Waals surface area contributed by atoms with Crippen molar-refractivity contribution in [2.75, 3.05) is 6.54 Å². The SMILES string of the molecule is Cc1nc2ncnn2c(C)c1CC(=O)NCC(C)(c1ccccc1)c1ccccc1. The minimum Gasteiger partial charge on any atom is -0.355 e. The summed E-state index contributed by atoms with van der Waals surface area (Å²) in [6.07, 6.45) is 1.73. The number of amides is 1. The molecule has 4 aromatic rings. The Morgan fingerprint density at radius 3 is 2.20 bits per heavy atom. The van der Waals surface area contributed by atoms with Gasteiger partial charge in [0.2, 0.25) is 5.91 Å². The van der Waals surface area contributed by atoms with Crippen LogP contribution in [0.2, 0.25) is 0 Å². The van der Waals surface area contributed by atoms with Gasteiger partial charge in [-0.25, -0.2) is 9.50 Å². The highest BCUT2D eigenvalue weighted by Crippen LogP contribution is 2.31. The van der Waals surface area contributed by atoms with Crippen molar-refractivity contribution in [1.82, 2.24) is 24.9 Å². The van der Waals surface area contributed by atoms with E-state index in [-0.39, 0.29) is 17.7 Å². The Morgan fingerprint density at radius 1 is 1.00 bits per heavy atom. The first-order chi connectivity index (χ1) is 14.5. The van der Waals surface area contributed by atoms with Crippen molar-refractivity contribution >= 4 is 11.7 Å². The van der Waals surface area contributed by atoms with E-state index in [1.807, 2.05) is 50.2 Å². The lowest BCUT2D eigenvalue weighted by Gasteiger charge is -2.31. The highest BCUT2D eigenvalue weighted by atomic mass is 16.1. The predicted molar refractivity (Wildman–Crippen MR) is 116 cm³/mol. The van der Waals surface area contributed by atoms with Gasteiger partial charge in [0.05, 0.1) is 6.42 Å². The third-order valence-electron chi connectivity index (χ3n) is 5.79. The fourth-order valence-corrected chi connectivity index (χ4v) is 3.89. The van der Waals surface area contributed by atoms with E-state index in [4.69, 9.17) is 0 Å². The van der Waals surface area contributed by atoms with E-state index in [0.29, 0.717) is 12.3 Å². The summed E-state index contributed by atoms with van der Waals surface area (Å²) in [5.74, 6) is 0.510. The normalized spacial score (nSPS) is 11.6. The lowest BCUT2D eigenvalue weighted by atomic mass is 9.76. The third kappa shape index (κ3) is 3.68. The number of fused-ring (bicyclic) bond motifs is 1. The molecule has 0 fully saturated rings. The van der Waals surface area contributed by atoms with Crippen molar-refractivity contribution < 1.29 is 4.79 Å². The highest BCUT2D eigenvalue weighted by molar-refractivity contribution is 5.79. The number of hydrogen-bond donors (Lipinski definition) is 1. The van der Waals surface area contributed by atoms with Crippen LogP contribution in [0.5, 0.6) is 0 Å². The smallest absolute Gasteiger partial charge is 0.252 e. The maximum Gasteiger partial charge on any atom is 0.252 e. The molecule has 0 unspecified atom stereocenters. The van der Waals surface area contributed by atoms with Crippen LogP contribution in [-0.2, 0) is 16.6 Å². The fourth-order valence-electron chi connectivity index (χ4n) is 3.89. The molecule has 0 spiro atoms. The number of aromatic nitrogens is 4. The monoisotopic (exact) mass is 399 g/mol. The minimum atomic E-state index is -0.337. The summed E-state index contributed by atoms with van der Waals surface area (Å²) in [6.45, 7) is 6.51. The number of nitrogens with one attached hydrogen (secondary N) is 1. The van der Waals surface area contributed by atoms with Gasteiger partial charge in [-0.2, -0.15) is 10.1 Å². The predicted octanol–water partition coefficient (Wildman–Crippen LogP) is 3.41. The third-order valence-corrected chi connectivity index (χ3v) is 5.79. The van der Waals surface area contributed by atoms with Crippen LogP contribution in [0.4, 0.5) is 0 Å². The van der Waals surface area contributed by atoms with Gasteiger partial charge in [-0.15, -0.1) is 0 Å². The second-order valence-electron chi connectivity index (χ2n) is 7.75. The molecule has 2 heterocycles. The number of nitrogens with zero attached hydrogens (tertiary/aromatic N) is 4. The maximum absolute atomic E-state index is 12.9. The summed E-state index contributed by atoms with van der Waals surface area (Å²) in [4.78, 5) is 21.5. The zero-order valence-corrected chi connectivity index (χ0v) is 17.5. The van der Waals surface area contributed by atoms with E-state index in [1.54, 1.807) is 4.52 Å². The second-order valence-corrected chi connectivity index (χ2v) is 7.75. The van der Waals surface area contributed by atoms with E-state index in [0.717, 1.165) is 28.1 Å². The molecule has 4 rings (SSSR count). The molecule has 2 aromatic carbocycles. The van der Waals surface area contributed by atoms with Crippen LogP contribution in [0.15, 0.2) is 67.0 Å². The van der Waals surface area contributed by atoms with Gasteiger partial charge in [-0.3, -0.25) is 4.79 Å². The minimum absolute atomic E-state index is 0.0412. The summed E-state index contributed by atoms with van der Waals surface area (Å²) >= 11 is 0. The standard InChI is InChI=1S/C24H25N5O/c1-17-21(18(2)29-23(28-17)26-16-27-29)14-22(30)25-15-24(3,19-10-6-4-7-11-19)20-12-8-5-9-13-20/h4-13,16H,14-15H2,1-3H3,(H,25,30). The van der Waals surface area contributed by atoms with E-state index < -0.39 is 0 Å². The van der Waals surface area contributed by atoms with Gasteiger partial charge in [0, 0.05) is 28.9 Å². The second kappa shape index (κ2) is 8.06. The Labute approximate surface area is 176 Å². The van der Waals surface area contributed by atoms with Crippen LogP contribution in [0.3, 0.4) is 0 Å². The first-order valence-corrected chi connectivity index (χ1v) is 10.0. The number of carbonyl (C=O) groups is 1. The van der Waals surface area contributed by atoms with Crippen LogP contribution in [-0.4, -0.2) is 32.0 Å². The van der Waals surface area contributed by atoms with Crippen molar-refractivity contribution in [1.29, 1.82) is 0 Å². The van der Waals surface area contributed by atoms with Crippen LogP contribution in [0.1, 0.15) is 35.0 Å². The highest BCUT2D eigenvalue weighted by Gasteiger charge is 2.29. The summed E-state index contributed by atoms with van der Waals surface area (Å²) in [7, 11) is 0. The number of hydrogen-bond acceptors (Lipinski definition) is 4. The Balaban J connectivity index is 1.57. The van der Waals surface area contributed by atoms with Crippen LogP contribution in [0.25, 0.3) is 5.78 Å². The number of carbonyl (C=O) groups excluding carboxylic acids is 1. The quantitative estimate of drug-likeness (QED) is 0.539. The molecule has 0 atom stereocenters. The van der Waals surface area contributed by atoms with Crippen molar-refractivity contribution in [3.63, 3.8) is 0 Å². The van der Waals surface area contributed by atoms with Gasteiger partial charge < -0.3 is 5.32 Å². The molecule has 30 heavy (non-hydrogen) atoms. The number of benzene rings is 2. The van der Waals surface area contributed by atoms with Gasteiger partial charge in [-0.05, 0) is 31.9 Å². The van der Waals surface area contributed by atoms with Crippen molar-refractivity contribution in [3.05, 3.63) is 95.1 Å². The maximum atomic E-state index is 12.9. The summed E-state index contributed by atoms with van der Waals surface area (Å²) in [6, 6.07) is 20.6. The molecule has 152 valence electrons. The Kier molecular flexibility index (Phi) is 5.31. The molecule has 0 bridgehead atoms. The molecule has 0 aliphatic rings. The Morgan fingerprint density at radius 2 is 1.60 bits per heavy atom. The fraction of sp³-hybridized carbons (Fsp3) is 0.250. The molecule has 1 N–H and O–H groups in total. The van der Waals surface area contributed by atoms with Gasteiger partial charge in [-0.1, -0.05) is 60.7 Å². The average Bonchev–Trinajstić information content (AvgIpc) is 3.25. The molecule has 6 nitrogen and oxygen atoms in total. The molecule has 0 radical (unpaired) electrons. The lowest BCUT2D eigenvalue weighted by Crippen LogP contribution is -2.40. The van der Waals surface area contributed by atoms with Crippen molar-refractivity contribution in [3.8, 4) is 0 Å². The summed E-state index contributed by atoms with van der Waals surface area (Å²) < 4.78 is 1.67. The van der Waals surface area contributed by atoms with E-state index >= 15 is 0 Å². The van der Waals surface area contributed by atoms with Crippen molar-refractivity contribution in [2.45, 2.75) is 32.6 Å². The zero-order chi connectivity index (χ0) is 21.1. The van der Waals surface area contributed by atoms with Crippen LogP contribution in [0, 0.1) is 13.8 Å². The average molecular weight is 399 g/mol. The lowest BCUT2D eigenvalue weighted by molar-refractivity contribution is -0.120. The Hall–Kier alpha value is -3.54. The largest absolute Gasteiger partial charge is 0.355 e. The van der Waals surface area contributed by atoms with Crippen molar-refractivity contribution in [2.24, 2.45) is 0 Å². The summed E-state index contributed by atoms with van der Waals surface area (Å²) in [5.41, 5.74) is 4.56.